The average Bonchev–Trinajstić information content (AvgIpc) is 2.69. The molecule has 0 amide bonds. The van der Waals surface area contributed by atoms with Crippen molar-refractivity contribution in [3.05, 3.63) is 11.6 Å². The monoisotopic (exact) mass is 264 g/mol. The molecule has 0 aromatic rings. The number of methoxy groups -OCH3 is 1. The standard InChI is InChI=1S/C16H24O3/c1-11-9-16(12(2)5-6-13(17)19-4)8-7-15(3,10-16)14(11)18/h9,12H,5-8,10H2,1-4H3/t12?,15-,16+/m1/s1. The predicted octanol–water partition coefficient (Wildman–Crippen LogP) is 3.28. The zero-order chi connectivity index (χ0) is 14.3. The number of carbonyl (C=O) groups excluding carboxylic acids is 2. The summed E-state index contributed by atoms with van der Waals surface area (Å²) in [6, 6.07) is 0. The second-order valence-electron chi connectivity index (χ2n) is 6.64. The Balaban J connectivity index is 2.15. The van der Waals surface area contributed by atoms with E-state index in [2.05, 4.69) is 19.9 Å². The number of fused-ring (bicyclic) bond motifs is 2. The van der Waals surface area contributed by atoms with Gasteiger partial charge in [-0.05, 0) is 49.5 Å². The molecule has 0 radical (unpaired) electrons. The first kappa shape index (κ1) is 14.3. The third-order valence-corrected chi connectivity index (χ3v) is 5.26. The summed E-state index contributed by atoms with van der Waals surface area (Å²) in [6.07, 6.45) is 6.47. The molecule has 106 valence electrons. The van der Waals surface area contributed by atoms with Crippen LogP contribution in [0.1, 0.15) is 52.9 Å². The minimum absolute atomic E-state index is 0.112. The molecule has 0 aromatic heterocycles. The van der Waals surface area contributed by atoms with E-state index in [0.717, 1.165) is 31.3 Å². The maximum atomic E-state index is 12.2. The Bertz CT molecular complexity index is 437. The highest BCUT2D eigenvalue weighted by Gasteiger charge is 2.53. The van der Waals surface area contributed by atoms with Crippen molar-refractivity contribution in [2.24, 2.45) is 16.7 Å². The van der Waals surface area contributed by atoms with Crippen LogP contribution < -0.4 is 0 Å². The molecule has 19 heavy (non-hydrogen) atoms. The van der Waals surface area contributed by atoms with Crippen LogP contribution in [0.3, 0.4) is 0 Å². The second-order valence-corrected chi connectivity index (χ2v) is 6.64. The molecular weight excluding hydrogens is 240 g/mol. The first-order valence-electron chi connectivity index (χ1n) is 7.14. The van der Waals surface area contributed by atoms with Crippen molar-refractivity contribution in [3.8, 4) is 0 Å². The summed E-state index contributed by atoms with van der Waals surface area (Å²) in [6.45, 7) is 6.24. The van der Waals surface area contributed by atoms with Crippen LogP contribution in [-0.4, -0.2) is 18.9 Å². The summed E-state index contributed by atoms with van der Waals surface area (Å²) in [4.78, 5) is 23.5. The van der Waals surface area contributed by atoms with Gasteiger partial charge in [0, 0.05) is 11.8 Å². The van der Waals surface area contributed by atoms with Crippen molar-refractivity contribution in [1.29, 1.82) is 0 Å². The second kappa shape index (κ2) is 4.77. The topological polar surface area (TPSA) is 43.4 Å². The Morgan fingerprint density at radius 2 is 2.16 bits per heavy atom. The summed E-state index contributed by atoms with van der Waals surface area (Å²) >= 11 is 0. The molecule has 2 aliphatic rings. The van der Waals surface area contributed by atoms with E-state index in [0.29, 0.717) is 18.1 Å². The summed E-state index contributed by atoms with van der Waals surface area (Å²) in [5.74, 6) is 0.592. The van der Waals surface area contributed by atoms with Crippen molar-refractivity contribution < 1.29 is 14.3 Å². The van der Waals surface area contributed by atoms with Crippen LogP contribution in [0.2, 0.25) is 0 Å². The highest BCUT2D eigenvalue weighted by atomic mass is 16.5. The van der Waals surface area contributed by atoms with Crippen LogP contribution in [0.5, 0.6) is 0 Å². The van der Waals surface area contributed by atoms with Crippen LogP contribution in [0, 0.1) is 16.7 Å². The zero-order valence-corrected chi connectivity index (χ0v) is 12.4. The van der Waals surface area contributed by atoms with Crippen LogP contribution in [0.4, 0.5) is 0 Å². The smallest absolute Gasteiger partial charge is 0.305 e. The number of hydrogen-bond donors (Lipinski definition) is 0. The Kier molecular flexibility index (Phi) is 3.59. The summed E-state index contributed by atoms with van der Waals surface area (Å²) in [7, 11) is 1.43. The van der Waals surface area contributed by atoms with Crippen LogP contribution in [0.15, 0.2) is 11.6 Å². The van der Waals surface area contributed by atoms with Gasteiger partial charge in [0.15, 0.2) is 5.78 Å². The van der Waals surface area contributed by atoms with E-state index in [1.807, 2.05) is 6.92 Å². The molecule has 0 spiro atoms. The number of Topliss-reactive ketones (excluding diaryl/α,β-unsaturated/α-hetero) is 1. The van der Waals surface area contributed by atoms with Gasteiger partial charge in [-0.25, -0.2) is 0 Å². The van der Waals surface area contributed by atoms with E-state index in [-0.39, 0.29) is 16.8 Å². The maximum Gasteiger partial charge on any atom is 0.305 e. The first-order chi connectivity index (χ1) is 8.83. The number of esters is 1. The largest absolute Gasteiger partial charge is 0.469 e. The lowest BCUT2D eigenvalue weighted by Crippen LogP contribution is -2.35. The fraction of sp³-hybridized carbons (Fsp3) is 0.750. The fourth-order valence-corrected chi connectivity index (χ4v) is 3.99. The van der Waals surface area contributed by atoms with Gasteiger partial charge in [-0.3, -0.25) is 9.59 Å². The average molecular weight is 264 g/mol. The molecule has 0 heterocycles. The van der Waals surface area contributed by atoms with Gasteiger partial charge >= 0.3 is 5.97 Å². The molecule has 2 rings (SSSR count). The molecular formula is C16H24O3. The Morgan fingerprint density at radius 3 is 2.79 bits per heavy atom. The van der Waals surface area contributed by atoms with Gasteiger partial charge in [-0.15, -0.1) is 0 Å². The van der Waals surface area contributed by atoms with Crippen LogP contribution in [-0.2, 0) is 14.3 Å². The highest BCUT2D eigenvalue weighted by Crippen LogP contribution is 2.59. The van der Waals surface area contributed by atoms with Crippen LogP contribution in [0.25, 0.3) is 0 Å². The minimum Gasteiger partial charge on any atom is -0.469 e. The van der Waals surface area contributed by atoms with Gasteiger partial charge in [0.1, 0.15) is 0 Å². The molecule has 0 saturated heterocycles. The third-order valence-electron chi connectivity index (χ3n) is 5.26. The van der Waals surface area contributed by atoms with E-state index in [1.165, 1.54) is 7.11 Å². The number of hydrogen-bond acceptors (Lipinski definition) is 3. The number of rotatable bonds is 4. The van der Waals surface area contributed by atoms with Crippen molar-refractivity contribution >= 4 is 11.8 Å². The maximum absolute atomic E-state index is 12.2. The molecule has 2 aliphatic carbocycles. The number of ether oxygens (including phenoxy) is 1. The van der Waals surface area contributed by atoms with Crippen molar-refractivity contribution in [2.75, 3.05) is 7.11 Å². The molecule has 2 bridgehead atoms. The van der Waals surface area contributed by atoms with Gasteiger partial charge in [0.25, 0.3) is 0 Å². The lowest BCUT2D eigenvalue weighted by atomic mass is 9.65. The molecule has 1 unspecified atom stereocenters. The molecule has 3 atom stereocenters. The fourth-order valence-electron chi connectivity index (χ4n) is 3.99. The van der Waals surface area contributed by atoms with Gasteiger partial charge < -0.3 is 4.74 Å². The van der Waals surface area contributed by atoms with E-state index < -0.39 is 0 Å². The molecule has 1 fully saturated rings. The molecule has 1 saturated carbocycles. The first-order valence-corrected chi connectivity index (χ1v) is 7.14. The van der Waals surface area contributed by atoms with Gasteiger partial charge in [-0.1, -0.05) is 19.9 Å². The zero-order valence-electron chi connectivity index (χ0n) is 12.4. The summed E-state index contributed by atoms with van der Waals surface area (Å²) in [5.41, 5.74) is 0.857. The van der Waals surface area contributed by atoms with Crippen molar-refractivity contribution in [3.63, 3.8) is 0 Å². The molecule has 0 N–H and O–H groups in total. The van der Waals surface area contributed by atoms with Gasteiger partial charge in [0.05, 0.1) is 7.11 Å². The summed E-state index contributed by atoms with van der Waals surface area (Å²) < 4.78 is 4.71. The predicted molar refractivity (Wildman–Crippen MR) is 73.6 cm³/mol. The number of allylic oxidation sites excluding steroid dienone is 2. The summed E-state index contributed by atoms with van der Waals surface area (Å²) in [5, 5.41) is 0. The molecule has 0 aliphatic heterocycles. The van der Waals surface area contributed by atoms with E-state index in [4.69, 9.17) is 4.74 Å². The molecule has 3 heteroatoms. The van der Waals surface area contributed by atoms with Gasteiger partial charge in [0.2, 0.25) is 0 Å². The van der Waals surface area contributed by atoms with Crippen molar-refractivity contribution in [2.45, 2.75) is 52.9 Å². The van der Waals surface area contributed by atoms with Crippen LogP contribution >= 0.6 is 0 Å². The minimum atomic E-state index is -0.168. The Hall–Kier alpha value is -1.12. The lowest BCUT2D eigenvalue weighted by Gasteiger charge is -2.38. The van der Waals surface area contributed by atoms with E-state index in [9.17, 15) is 9.59 Å². The van der Waals surface area contributed by atoms with Gasteiger partial charge in [-0.2, -0.15) is 0 Å². The lowest BCUT2D eigenvalue weighted by molar-refractivity contribution is -0.141. The van der Waals surface area contributed by atoms with E-state index >= 15 is 0 Å². The molecule has 0 aromatic carbocycles. The quantitative estimate of drug-likeness (QED) is 0.732. The number of ketones is 1. The highest BCUT2D eigenvalue weighted by molar-refractivity contribution is 6.00. The van der Waals surface area contributed by atoms with E-state index in [1.54, 1.807) is 0 Å². The normalized spacial score (nSPS) is 34.9. The Labute approximate surface area is 115 Å². The Morgan fingerprint density at radius 1 is 1.47 bits per heavy atom. The number of carbonyl (C=O) groups is 2. The SMILES string of the molecule is COC(=O)CCC(C)[C@]12C=C(C)C(=O)[C@](C)(CC1)C2. The third kappa shape index (κ3) is 2.35. The van der Waals surface area contributed by atoms with Crippen molar-refractivity contribution in [1.82, 2.24) is 0 Å². The molecule has 3 nitrogen and oxygen atoms in total.